The van der Waals surface area contributed by atoms with Crippen LogP contribution in [-0.4, -0.2) is 40.3 Å². The van der Waals surface area contributed by atoms with Gasteiger partial charge in [-0.3, -0.25) is 0 Å². The van der Waals surface area contributed by atoms with Crippen LogP contribution in [0.5, 0.6) is 0 Å². The number of carbonyl (C=O) groups is 1. The van der Waals surface area contributed by atoms with E-state index in [0.29, 0.717) is 5.92 Å². The number of likely N-dealkylation sites (tertiary alicyclic amines) is 1. The first kappa shape index (κ1) is 16.7. The lowest BCUT2D eigenvalue weighted by atomic mass is 9.98. The zero-order valence-electron chi connectivity index (χ0n) is 14.3. The molecule has 1 aromatic heterocycles. The molecule has 1 saturated carbocycles. The lowest BCUT2D eigenvalue weighted by molar-refractivity contribution is 0.179. The van der Waals surface area contributed by atoms with Gasteiger partial charge in [-0.25, -0.2) is 4.79 Å². The van der Waals surface area contributed by atoms with E-state index in [9.17, 15) is 4.79 Å². The molecule has 0 radical (unpaired) electrons. The van der Waals surface area contributed by atoms with E-state index in [1.807, 2.05) is 18.7 Å². The molecule has 0 aromatic carbocycles. The standard InChI is InChI=1S/C17H28N4OS/c1-12(2)18-17(22)21-9-7-14(8-10-21)16-20-19-15(23-16)11-13-5-3-4-6-13/h12-14H,3-11H2,1-2H3,(H,18,22). The van der Waals surface area contributed by atoms with Crippen molar-refractivity contribution in [2.24, 2.45) is 5.92 Å². The summed E-state index contributed by atoms with van der Waals surface area (Å²) in [6.45, 7) is 5.64. The van der Waals surface area contributed by atoms with Gasteiger partial charge in [0.1, 0.15) is 10.0 Å². The Labute approximate surface area is 142 Å². The summed E-state index contributed by atoms with van der Waals surface area (Å²) in [4.78, 5) is 14.0. The second-order valence-corrected chi connectivity index (χ2v) is 8.35. The van der Waals surface area contributed by atoms with Crippen LogP contribution in [0.4, 0.5) is 4.79 Å². The Balaban J connectivity index is 1.49. The molecule has 2 amide bonds. The molecule has 1 aliphatic carbocycles. The number of aromatic nitrogens is 2. The van der Waals surface area contributed by atoms with Gasteiger partial charge in [0.15, 0.2) is 0 Å². The van der Waals surface area contributed by atoms with Crippen molar-refractivity contribution in [3.05, 3.63) is 10.0 Å². The Hall–Kier alpha value is -1.17. The van der Waals surface area contributed by atoms with E-state index in [1.54, 1.807) is 11.3 Å². The first-order valence-corrected chi connectivity index (χ1v) is 9.81. The van der Waals surface area contributed by atoms with Gasteiger partial charge in [0.25, 0.3) is 0 Å². The summed E-state index contributed by atoms with van der Waals surface area (Å²) in [5.74, 6) is 1.31. The van der Waals surface area contributed by atoms with E-state index >= 15 is 0 Å². The fourth-order valence-electron chi connectivity index (χ4n) is 3.64. The number of hydrogen-bond donors (Lipinski definition) is 1. The number of piperidine rings is 1. The summed E-state index contributed by atoms with van der Waals surface area (Å²) < 4.78 is 0. The highest BCUT2D eigenvalue weighted by Crippen LogP contribution is 2.33. The predicted molar refractivity (Wildman–Crippen MR) is 92.8 cm³/mol. The number of amides is 2. The summed E-state index contributed by atoms with van der Waals surface area (Å²) in [5.41, 5.74) is 0. The van der Waals surface area contributed by atoms with Crippen LogP contribution in [0.3, 0.4) is 0 Å². The van der Waals surface area contributed by atoms with Crippen LogP contribution in [-0.2, 0) is 6.42 Å². The van der Waals surface area contributed by atoms with Crippen molar-refractivity contribution >= 4 is 17.4 Å². The molecule has 0 spiro atoms. The van der Waals surface area contributed by atoms with Gasteiger partial charge >= 0.3 is 6.03 Å². The van der Waals surface area contributed by atoms with E-state index in [-0.39, 0.29) is 12.1 Å². The van der Waals surface area contributed by atoms with Crippen molar-refractivity contribution < 1.29 is 4.79 Å². The summed E-state index contributed by atoms with van der Waals surface area (Å²) >= 11 is 1.81. The van der Waals surface area contributed by atoms with E-state index in [4.69, 9.17) is 0 Å². The highest BCUT2D eigenvalue weighted by atomic mass is 32.1. The van der Waals surface area contributed by atoms with E-state index in [1.165, 1.54) is 35.7 Å². The van der Waals surface area contributed by atoms with Gasteiger partial charge in [0.05, 0.1) is 0 Å². The molecule has 0 bridgehead atoms. The summed E-state index contributed by atoms with van der Waals surface area (Å²) in [6.07, 6.45) is 8.61. The number of carbonyl (C=O) groups excluding carboxylic acids is 1. The third-order valence-electron chi connectivity index (χ3n) is 4.96. The van der Waals surface area contributed by atoms with Gasteiger partial charge in [-0.15, -0.1) is 21.5 Å². The van der Waals surface area contributed by atoms with E-state index in [2.05, 4.69) is 15.5 Å². The third kappa shape index (κ3) is 4.43. The largest absolute Gasteiger partial charge is 0.336 e. The molecule has 2 fully saturated rings. The Morgan fingerprint density at radius 2 is 1.91 bits per heavy atom. The molecule has 1 saturated heterocycles. The maximum Gasteiger partial charge on any atom is 0.317 e. The van der Waals surface area contributed by atoms with Crippen molar-refractivity contribution in [1.82, 2.24) is 20.4 Å². The molecule has 23 heavy (non-hydrogen) atoms. The lowest BCUT2D eigenvalue weighted by Gasteiger charge is -2.31. The van der Waals surface area contributed by atoms with Gasteiger partial charge in [-0.05, 0) is 32.6 Å². The minimum atomic E-state index is 0.0673. The van der Waals surface area contributed by atoms with Crippen LogP contribution in [0, 0.1) is 5.92 Å². The van der Waals surface area contributed by atoms with Crippen molar-refractivity contribution in [1.29, 1.82) is 0 Å². The quantitative estimate of drug-likeness (QED) is 0.914. The molecule has 0 atom stereocenters. The normalized spacial score (nSPS) is 20.4. The van der Waals surface area contributed by atoms with Crippen molar-refractivity contribution in [2.45, 2.75) is 70.8 Å². The number of nitrogens with zero attached hydrogens (tertiary/aromatic N) is 3. The minimum Gasteiger partial charge on any atom is -0.336 e. The summed E-state index contributed by atoms with van der Waals surface area (Å²) in [5, 5.41) is 14.2. The van der Waals surface area contributed by atoms with Gasteiger partial charge in [-0.1, -0.05) is 25.7 Å². The molecular formula is C17H28N4OS. The van der Waals surface area contributed by atoms with Crippen LogP contribution in [0.2, 0.25) is 0 Å². The molecule has 1 N–H and O–H groups in total. The number of nitrogens with one attached hydrogen (secondary N) is 1. The lowest BCUT2D eigenvalue weighted by Crippen LogP contribution is -2.46. The molecular weight excluding hydrogens is 308 g/mol. The average molecular weight is 337 g/mol. The van der Waals surface area contributed by atoms with Crippen molar-refractivity contribution in [3.8, 4) is 0 Å². The Bertz CT molecular complexity index is 516. The second-order valence-electron chi connectivity index (χ2n) is 7.25. The maximum absolute atomic E-state index is 12.0. The summed E-state index contributed by atoms with van der Waals surface area (Å²) in [6, 6.07) is 0.263. The molecule has 1 aromatic rings. The van der Waals surface area contributed by atoms with Crippen molar-refractivity contribution in [3.63, 3.8) is 0 Å². The highest BCUT2D eigenvalue weighted by Gasteiger charge is 2.27. The Kier molecular flexibility index (Phi) is 5.51. The zero-order chi connectivity index (χ0) is 16.2. The first-order chi connectivity index (χ1) is 11.1. The predicted octanol–water partition coefficient (Wildman–Crippen LogP) is 3.57. The van der Waals surface area contributed by atoms with E-state index in [0.717, 1.165) is 38.3 Å². The van der Waals surface area contributed by atoms with E-state index < -0.39 is 0 Å². The average Bonchev–Trinajstić information content (AvgIpc) is 3.19. The maximum atomic E-state index is 12.0. The number of hydrogen-bond acceptors (Lipinski definition) is 4. The molecule has 2 heterocycles. The van der Waals surface area contributed by atoms with Crippen LogP contribution in [0.1, 0.15) is 68.3 Å². The molecule has 6 heteroatoms. The monoisotopic (exact) mass is 336 g/mol. The van der Waals surface area contributed by atoms with Crippen LogP contribution >= 0.6 is 11.3 Å². The smallest absolute Gasteiger partial charge is 0.317 e. The highest BCUT2D eigenvalue weighted by molar-refractivity contribution is 7.11. The molecule has 3 rings (SSSR count). The third-order valence-corrected chi connectivity index (χ3v) is 6.07. The SMILES string of the molecule is CC(C)NC(=O)N1CCC(c2nnc(CC3CCCC3)s2)CC1. The van der Waals surface area contributed by atoms with Gasteiger partial charge in [-0.2, -0.15) is 0 Å². The number of rotatable bonds is 4. The molecule has 5 nitrogen and oxygen atoms in total. The van der Waals surface area contributed by atoms with Gasteiger partial charge < -0.3 is 10.2 Å². The summed E-state index contributed by atoms with van der Waals surface area (Å²) in [7, 11) is 0. The molecule has 2 aliphatic rings. The van der Waals surface area contributed by atoms with Gasteiger partial charge in [0.2, 0.25) is 0 Å². The zero-order valence-corrected chi connectivity index (χ0v) is 15.1. The van der Waals surface area contributed by atoms with Crippen LogP contribution in [0.15, 0.2) is 0 Å². The number of urea groups is 1. The fraction of sp³-hybridized carbons (Fsp3) is 0.824. The van der Waals surface area contributed by atoms with Gasteiger partial charge in [0, 0.05) is 31.5 Å². The molecule has 1 aliphatic heterocycles. The minimum absolute atomic E-state index is 0.0673. The second kappa shape index (κ2) is 7.60. The van der Waals surface area contributed by atoms with Crippen molar-refractivity contribution in [2.75, 3.05) is 13.1 Å². The molecule has 0 unspecified atom stereocenters. The van der Waals surface area contributed by atoms with Crippen LogP contribution in [0.25, 0.3) is 0 Å². The Morgan fingerprint density at radius 1 is 1.22 bits per heavy atom. The van der Waals surface area contributed by atoms with Crippen LogP contribution < -0.4 is 5.32 Å². The Morgan fingerprint density at radius 3 is 2.57 bits per heavy atom. The fourth-order valence-corrected chi connectivity index (χ4v) is 4.77. The first-order valence-electron chi connectivity index (χ1n) is 8.99. The molecule has 128 valence electrons. The topological polar surface area (TPSA) is 58.1 Å².